The average Bonchev–Trinajstić information content (AvgIpc) is 3.08. The van der Waals surface area contributed by atoms with Crippen LogP contribution in [0.25, 0.3) is 10.8 Å². The summed E-state index contributed by atoms with van der Waals surface area (Å²) in [6.45, 7) is 6.40. The molecular formula is C29H27N5O13S4. The van der Waals surface area contributed by atoms with Crippen molar-refractivity contribution in [2.24, 2.45) is 20.5 Å². The van der Waals surface area contributed by atoms with Crippen LogP contribution in [0.15, 0.2) is 113 Å². The van der Waals surface area contributed by atoms with E-state index in [0.29, 0.717) is 16.9 Å². The molecule has 0 aromatic heterocycles. The Morgan fingerprint density at radius 3 is 1.82 bits per heavy atom. The van der Waals surface area contributed by atoms with Crippen molar-refractivity contribution in [3.05, 3.63) is 72.5 Å². The number of nitrogens with zero attached hydrogens (tertiary/aromatic N) is 4. The Morgan fingerprint density at radius 2 is 1.27 bits per heavy atom. The summed E-state index contributed by atoms with van der Waals surface area (Å²) >= 11 is 0. The Kier molecular flexibility index (Phi) is 10.7. The van der Waals surface area contributed by atoms with E-state index in [1.165, 1.54) is 19.2 Å². The highest BCUT2D eigenvalue weighted by atomic mass is 32.2. The Hall–Kier alpha value is -5.26. The number of nitrogens with one attached hydrogen (secondary N) is 1. The molecule has 4 aromatic carbocycles. The lowest BCUT2D eigenvalue weighted by Crippen LogP contribution is -2.02. The van der Waals surface area contributed by atoms with Crippen molar-refractivity contribution in [2.75, 3.05) is 26.6 Å². The summed E-state index contributed by atoms with van der Waals surface area (Å²) in [7, 11) is -14.7. The molecule has 18 nitrogen and oxygen atoms in total. The number of phenols is 1. The normalized spacial score (nSPS) is 12.7. The van der Waals surface area contributed by atoms with Gasteiger partial charge < -0.3 is 19.9 Å². The highest BCUT2D eigenvalue weighted by molar-refractivity contribution is 7.94. The van der Waals surface area contributed by atoms with Gasteiger partial charge in [-0.1, -0.05) is 13.2 Å². The van der Waals surface area contributed by atoms with Crippen molar-refractivity contribution < 1.29 is 57.4 Å². The van der Waals surface area contributed by atoms with Crippen LogP contribution in [-0.4, -0.2) is 69.2 Å². The first-order valence-corrected chi connectivity index (χ1v) is 19.6. The number of rotatable bonds is 13. The molecule has 0 radical (unpaired) electrons. The van der Waals surface area contributed by atoms with Gasteiger partial charge in [0.15, 0.2) is 15.6 Å². The average molecular weight is 782 g/mol. The van der Waals surface area contributed by atoms with Gasteiger partial charge in [-0.2, -0.15) is 16.8 Å². The number of ether oxygens (including phenoxy) is 2. The molecule has 0 aliphatic rings. The predicted molar refractivity (Wildman–Crippen MR) is 184 cm³/mol. The van der Waals surface area contributed by atoms with E-state index in [9.17, 15) is 47.9 Å². The van der Waals surface area contributed by atoms with Gasteiger partial charge in [-0.25, -0.2) is 16.8 Å². The van der Waals surface area contributed by atoms with Crippen molar-refractivity contribution in [3.8, 4) is 17.2 Å². The topological polar surface area (TPSA) is 277 Å². The summed E-state index contributed by atoms with van der Waals surface area (Å²) in [4.78, 5) is -2.76. The van der Waals surface area contributed by atoms with Gasteiger partial charge in [0.2, 0.25) is 9.84 Å². The van der Waals surface area contributed by atoms with Gasteiger partial charge in [0, 0.05) is 40.8 Å². The fourth-order valence-electron chi connectivity index (χ4n) is 4.55. The highest BCUT2D eigenvalue weighted by Crippen LogP contribution is 2.48. The third-order valence-electron chi connectivity index (χ3n) is 7.00. The molecule has 0 aliphatic carbocycles. The fraction of sp³-hybridized carbons (Fsp3) is 0.103. The standard InChI is InChI=1S/C29H27N5O13S4/c1-6-48(36,37)16-8-10-19(24(12-16)50(40,41)42)31-33-27-18-13-26(51(43,44)45)28(29(47-5)17(18)9-11-20(27)30-3)34-32-21-14-23(46-4)25(15-22(21)35)49(38,39)7-2/h6-15,30,35H,1-2H2,3-5H3,(H,40,41,42)(H,43,44,45)/b33-31+,34-32+. The van der Waals surface area contributed by atoms with Crippen molar-refractivity contribution >= 4 is 79.1 Å². The number of anilines is 1. The number of sulfone groups is 2. The van der Waals surface area contributed by atoms with E-state index in [4.69, 9.17) is 9.47 Å². The van der Waals surface area contributed by atoms with Crippen molar-refractivity contribution in [3.63, 3.8) is 0 Å². The molecule has 0 aliphatic heterocycles. The fourth-order valence-corrected chi connectivity index (χ4v) is 7.53. The number of aromatic hydroxyl groups is 1. The van der Waals surface area contributed by atoms with E-state index in [1.54, 1.807) is 0 Å². The second-order valence-corrected chi connectivity index (χ2v) is 16.5. The number of fused-ring (bicyclic) bond motifs is 1. The van der Waals surface area contributed by atoms with Crippen molar-refractivity contribution in [1.82, 2.24) is 0 Å². The Labute approximate surface area is 291 Å². The highest BCUT2D eigenvalue weighted by Gasteiger charge is 2.26. The molecule has 0 atom stereocenters. The Bertz CT molecular complexity index is 2620. The minimum absolute atomic E-state index is 0.0585. The zero-order valence-corrected chi connectivity index (χ0v) is 29.8. The van der Waals surface area contributed by atoms with Crippen LogP contribution in [0.2, 0.25) is 0 Å². The van der Waals surface area contributed by atoms with Crippen LogP contribution in [0.3, 0.4) is 0 Å². The summed E-state index contributed by atoms with van der Waals surface area (Å²) in [6, 6.07) is 8.26. The van der Waals surface area contributed by atoms with Crippen LogP contribution in [0.1, 0.15) is 0 Å². The molecule has 4 aromatic rings. The first-order chi connectivity index (χ1) is 23.7. The van der Waals surface area contributed by atoms with Crippen LogP contribution in [0.5, 0.6) is 17.2 Å². The number of hydrogen-bond acceptors (Lipinski definition) is 16. The lowest BCUT2D eigenvalue weighted by atomic mass is 10.0. The smallest absolute Gasteiger partial charge is 0.296 e. The quantitative estimate of drug-likeness (QED) is 0.0927. The van der Waals surface area contributed by atoms with E-state index in [2.05, 4.69) is 38.9 Å². The van der Waals surface area contributed by atoms with Crippen LogP contribution < -0.4 is 14.8 Å². The summed E-state index contributed by atoms with van der Waals surface area (Å²) in [5.74, 6) is -1.25. The molecule has 0 heterocycles. The number of methoxy groups -OCH3 is 2. The van der Waals surface area contributed by atoms with Gasteiger partial charge in [0.05, 0.1) is 24.8 Å². The predicted octanol–water partition coefficient (Wildman–Crippen LogP) is 5.76. The van der Waals surface area contributed by atoms with E-state index in [1.807, 2.05) is 0 Å². The number of benzene rings is 4. The Balaban J connectivity index is 2.00. The molecule has 0 saturated carbocycles. The van der Waals surface area contributed by atoms with Crippen molar-refractivity contribution in [2.45, 2.75) is 19.6 Å². The lowest BCUT2D eigenvalue weighted by Gasteiger charge is -2.15. The second kappa shape index (κ2) is 14.2. The summed E-state index contributed by atoms with van der Waals surface area (Å²) in [5, 5.41) is 30.3. The molecule has 0 amide bonds. The maximum Gasteiger partial charge on any atom is 0.296 e. The molecule has 0 fully saturated rings. The first-order valence-electron chi connectivity index (χ1n) is 13.7. The first kappa shape index (κ1) is 38.5. The number of azo groups is 2. The summed E-state index contributed by atoms with van der Waals surface area (Å²) in [6.07, 6.45) is 0. The van der Waals surface area contributed by atoms with E-state index < -0.39 is 76.6 Å². The van der Waals surface area contributed by atoms with Crippen LogP contribution in [0, 0.1) is 0 Å². The van der Waals surface area contributed by atoms with E-state index >= 15 is 0 Å². The maximum absolute atomic E-state index is 12.7. The second-order valence-electron chi connectivity index (χ2n) is 9.96. The van der Waals surface area contributed by atoms with Gasteiger partial charge in [-0.15, -0.1) is 20.5 Å². The molecule has 4 N–H and O–H groups in total. The Morgan fingerprint density at radius 1 is 0.667 bits per heavy atom. The third-order valence-corrected chi connectivity index (χ3v) is 11.5. The van der Waals surface area contributed by atoms with Crippen molar-refractivity contribution in [1.29, 1.82) is 0 Å². The zero-order valence-electron chi connectivity index (χ0n) is 26.5. The van der Waals surface area contributed by atoms with Crippen LogP contribution in [0.4, 0.5) is 28.4 Å². The summed E-state index contributed by atoms with van der Waals surface area (Å²) in [5.41, 5.74) is -1.41. The molecular weight excluding hydrogens is 755 g/mol. The third kappa shape index (κ3) is 7.74. The van der Waals surface area contributed by atoms with Crippen LogP contribution >= 0.6 is 0 Å². The molecule has 0 saturated heterocycles. The molecule has 0 bridgehead atoms. The van der Waals surface area contributed by atoms with E-state index in [-0.39, 0.29) is 39.3 Å². The largest absolute Gasteiger partial charge is 0.506 e. The van der Waals surface area contributed by atoms with Gasteiger partial charge >= 0.3 is 0 Å². The molecule has 51 heavy (non-hydrogen) atoms. The van der Waals surface area contributed by atoms with Gasteiger partial charge in [-0.05, 0) is 36.4 Å². The SMILES string of the molecule is C=CS(=O)(=O)c1ccc(/N=N/c2c(NC)ccc3c(OC)c(/N=N/c4cc(OC)c(S(=O)(=O)C=C)cc4O)c(S(=O)(=O)O)cc23)c(S(=O)(=O)O)c1. The lowest BCUT2D eigenvalue weighted by molar-refractivity contribution is 0.400. The molecule has 0 spiro atoms. The number of phenolic OH excluding ortho intramolecular Hbond substituents is 1. The monoisotopic (exact) mass is 781 g/mol. The minimum Gasteiger partial charge on any atom is -0.506 e. The van der Waals surface area contributed by atoms with Crippen LogP contribution in [-0.2, 0) is 39.9 Å². The zero-order chi connectivity index (χ0) is 38.1. The van der Waals surface area contributed by atoms with Gasteiger partial charge in [0.1, 0.15) is 48.9 Å². The summed E-state index contributed by atoms with van der Waals surface area (Å²) < 4.78 is 130. The molecule has 270 valence electrons. The van der Waals surface area contributed by atoms with E-state index in [0.717, 1.165) is 44.6 Å². The molecule has 0 unspecified atom stereocenters. The van der Waals surface area contributed by atoms with Gasteiger partial charge in [-0.3, -0.25) is 9.11 Å². The minimum atomic E-state index is -5.15. The maximum atomic E-state index is 12.7. The molecule has 4 rings (SSSR count). The molecule has 22 heteroatoms. The van der Waals surface area contributed by atoms with Gasteiger partial charge in [0.25, 0.3) is 20.2 Å². The number of hydrogen-bond donors (Lipinski definition) is 4.